The first-order valence-corrected chi connectivity index (χ1v) is 9.13. The molecule has 1 amide bonds. The zero-order valence-corrected chi connectivity index (χ0v) is 16.0. The van der Waals surface area contributed by atoms with Crippen LogP contribution in [0.25, 0.3) is 11.3 Å². The number of benzene rings is 1. The van der Waals surface area contributed by atoms with Crippen molar-refractivity contribution in [1.82, 2.24) is 5.32 Å². The van der Waals surface area contributed by atoms with E-state index in [2.05, 4.69) is 10.1 Å². The largest absolute Gasteiger partial charge is 0.573 e. The number of halogens is 3. The summed E-state index contributed by atoms with van der Waals surface area (Å²) in [4.78, 5) is 25.4. The van der Waals surface area contributed by atoms with Crippen molar-refractivity contribution in [3.8, 4) is 23.1 Å². The van der Waals surface area contributed by atoms with E-state index in [0.717, 1.165) is 12.1 Å². The zero-order chi connectivity index (χ0) is 21.9. The maximum absolute atomic E-state index is 12.3. The molecule has 0 saturated carbocycles. The molecule has 3 rings (SSSR count). The lowest BCUT2D eigenvalue weighted by Crippen LogP contribution is -2.44. The van der Waals surface area contributed by atoms with E-state index in [4.69, 9.17) is 4.42 Å². The number of carbonyl (C=O) groups is 1. The first-order chi connectivity index (χ1) is 14.2. The first kappa shape index (κ1) is 21.2. The van der Waals surface area contributed by atoms with Gasteiger partial charge in [0.2, 0.25) is 5.91 Å². The Hall–Kier alpha value is -3.48. The summed E-state index contributed by atoms with van der Waals surface area (Å²) in [6, 6.07) is 8.28. The molecule has 0 radical (unpaired) electrons. The van der Waals surface area contributed by atoms with Crippen molar-refractivity contribution in [2.45, 2.75) is 32.2 Å². The molecule has 1 fully saturated rings. The summed E-state index contributed by atoms with van der Waals surface area (Å²) in [6.45, 7) is 2.47. The minimum Gasteiger partial charge on any atom is -0.422 e. The van der Waals surface area contributed by atoms with Crippen LogP contribution in [-0.2, 0) is 4.79 Å². The summed E-state index contributed by atoms with van der Waals surface area (Å²) in [6.07, 6.45) is -3.52. The molecule has 7 nitrogen and oxygen atoms in total. The quantitative estimate of drug-likeness (QED) is 0.815. The van der Waals surface area contributed by atoms with E-state index in [-0.39, 0.29) is 23.3 Å². The van der Waals surface area contributed by atoms with Crippen LogP contribution in [0.15, 0.2) is 39.5 Å². The average Bonchev–Trinajstić information content (AvgIpc) is 2.67. The van der Waals surface area contributed by atoms with Gasteiger partial charge in [-0.25, -0.2) is 4.79 Å². The minimum atomic E-state index is -4.81. The molecule has 1 aromatic heterocycles. The molecule has 1 aromatic carbocycles. The molecule has 30 heavy (non-hydrogen) atoms. The van der Waals surface area contributed by atoms with Crippen LogP contribution < -0.4 is 20.6 Å². The maximum Gasteiger partial charge on any atom is 0.573 e. The Morgan fingerprint density at radius 2 is 1.90 bits per heavy atom. The molecule has 158 valence electrons. The number of nitrogens with zero attached hydrogens (tertiary/aromatic N) is 2. The van der Waals surface area contributed by atoms with Gasteiger partial charge in [0.15, 0.2) is 5.56 Å². The summed E-state index contributed by atoms with van der Waals surface area (Å²) in [5.74, 6) is -0.397. The number of ether oxygens (including phenoxy) is 1. The van der Waals surface area contributed by atoms with Gasteiger partial charge in [-0.3, -0.25) is 4.79 Å². The number of nitriles is 1. The van der Waals surface area contributed by atoms with Crippen LogP contribution in [0.5, 0.6) is 5.75 Å². The van der Waals surface area contributed by atoms with E-state index in [9.17, 15) is 28.0 Å². The number of anilines is 1. The predicted octanol–water partition coefficient (Wildman–Crippen LogP) is 3.18. The molecular formula is C20H18F3N3O4. The van der Waals surface area contributed by atoms with E-state index in [1.807, 2.05) is 11.0 Å². The third-order valence-electron chi connectivity index (χ3n) is 4.66. The molecule has 0 bridgehead atoms. The summed E-state index contributed by atoms with van der Waals surface area (Å²) in [7, 11) is 0. The summed E-state index contributed by atoms with van der Waals surface area (Å²) in [5.41, 5.74) is -0.223. The predicted molar refractivity (Wildman–Crippen MR) is 101 cm³/mol. The second kappa shape index (κ2) is 8.49. The minimum absolute atomic E-state index is 0.0186. The van der Waals surface area contributed by atoms with Gasteiger partial charge in [-0.15, -0.1) is 13.2 Å². The number of hydrogen-bond acceptors (Lipinski definition) is 6. The number of hydrogen-bond donors (Lipinski definition) is 1. The normalized spacial score (nSPS) is 14.8. The Bertz CT molecular complexity index is 1020. The van der Waals surface area contributed by atoms with Crippen molar-refractivity contribution < 1.29 is 27.1 Å². The molecule has 1 aliphatic rings. The fourth-order valence-corrected chi connectivity index (χ4v) is 3.35. The molecule has 10 heteroatoms. The Morgan fingerprint density at radius 1 is 1.27 bits per heavy atom. The SMILES string of the molecule is CC(=O)NC1CCN(c2cc(-c3ccc(OC(F)(F)F)cc3)oc(=O)c2C#N)CC1. The Labute approximate surface area is 169 Å². The van der Waals surface area contributed by atoms with Crippen LogP contribution in [0.4, 0.5) is 18.9 Å². The molecule has 2 heterocycles. The van der Waals surface area contributed by atoms with Crippen molar-refractivity contribution in [3.63, 3.8) is 0 Å². The molecule has 0 aliphatic carbocycles. The number of rotatable bonds is 4. The number of piperidine rings is 1. The molecule has 0 spiro atoms. The van der Waals surface area contributed by atoms with Gasteiger partial charge in [-0.05, 0) is 37.1 Å². The van der Waals surface area contributed by atoms with E-state index >= 15 is 0 Å². The Kier molecular flexibility index (Phi) is 6.01. The number of carbonyl (C=O) groups excluding carboxylic acids is 1. The highest BCUT2D eigenvalue weighted by molar-refractivity contribution is 5.73. The number of nitrogens with one attached hydrogen (secondary N) is 1. The van der Waals surface area contributed by atoms with Crippen molar-refractivity contribution >= 4 is 11.6 Å². The van der Waals surface area contributed by atoms with E-state index in [1.54, 1.807) is 0 Å². The average molecular weight is 421 g/mol. The summed E-state index contributed by atoms with van der Waals surface area (Å²) in [5, 5.41) is 12.2. The molecular weight excluding hydrogens is 403 g/mol. The molecule has 1 N–H and O–H groups in total. The second-order valence-corrected chi connectivity index (χ2v) is 6.80. The number of amides is 1. The number of alkyl halides is 3. The van der Waals surface area contributed by atoms with Gasteiger partial charge in [-0.1, -0.05) is 0 Å². The molecule has 0 unspecified atom stereocenters. The standard InChI is InChI=1S/C20H18F3N3O4/c1-12(27)25-14-6-8-26(9-7-14)17-10-18(29-19(28)16(17)11-24)13-2-4-15(5-3-13)30-20(21,22)23/h2-5,10,14H,6-9H2,1H3,(H,25,27). The molecule has 2 aromatic rings. The van der Waals surface area contributed by atoms with Crippen molar-refractivity contribution in [1.29, 1.82) is 5.26 Å². The summed E-state index contributed by atoms with van der Waals surface area (Å²) < 4.78 is 46.0. The van der Waals surface area contributed by atoms with Gasteiger partial charge >= 0.3 is 12.0 Å². The van der Waals surface area contributed by atoms with Gasteiger partial charge in [0.05, 0.1) is 5.69 Å². The van der Waals surface area contributed by atoms with E-state index < -0.39 is 17.7 Å². The monoisotopic (exact) mass is 421 g/mol. The van der Waals surface area contributed by atoms with Crippen molar-refractivity contribution in [3.05, 3.63) is 46.3 Å². The van der Waals surface area contributed by atoms with Gasteiger partial charge < -0.3 is 19.4 Å². The van der Waals surface area contributed by atoms with Crippen LogP contribution >= 0.6 is 0 Å². The van der Waals surface area contributed by atoms with Crippen LogP contribution in [0.1, 0.15) is 25.3 Å². The fourth-order valence-electron chi connectivity index (χ4n) is 3.35. The molecule has 1 saturated heterocycles. The van der Waals surface area contributed by atoms with Gasteiger partial charge in [0, 0.05) is 37.7 Å². The summed E-state index contributed by atoms with van der Waals surface area (Å²) >= 11 is 0. The zero-order valence-electron chi connectivity index (χ0n) is 16.0. The third-order valence-corrected chi connectivity index (χ3v) is 4.66. The Balaban J connectivity index is 1.87. The third kappa shape index (κ3) is 5.11. The molecule has 0 atom stereocenters. The Morgan fingerprint density at radius 3 is 2.43 bits per heavy atom. The van der Waals surface area contributed by atoms with Gasteiger partial charge in [0.1, 0.15) is 17.6 Å². The first-order valence-electron chi connectivity index (χ1n) is 9.13. The second-order valence-electron chi connectivity index (χ2n) is 6.80. The van der Waals surface area contributed by atoms with Gasteiger partial charge in [-0.2, -0.15) is 5.26 Å². The highest BCUT2D eigenvalue weighted by Gasteiger charge is 2.31. The van der Waals surface area contributed by atoms with Crippen LogP contribution in [0, 0.1) is 11.3 Å². The smallest absolute Gasteiger partial charge is 0.422 e. The highest BCUT2D eigenvalue weighted by Crippen LogP contribution is 2.30. The van der Waals surface area contributed by atoms with Gasteiger partial charge in [0.25, 0.3) is 0 Å². The van der Waals surface area contributed by atoms with E-state index in [1.165, 1.54) is 25.1 Å². The van der Waals surface area contributed by atoms with Crippen LogP contribution in [-0.4, -0.2) is 31.4 Å². The van der Waals surface area contributed by atoms with Crippen molar-refractivity contribution in [2.75, 3.05) is 18.0 Å². The van der Waals surface area contributed by atoms with Crippen LogP contribution in [0.3, 0.4) is 0 Å². The fraction of sp³-hybridized carbons (Fsp3) is 0.350. The lowest BCUT2D eigenvalue weighted by Gasteiger charge is -2.34. The van der Waals surface area contributed by atoms with Crippen LogP contribution in [0.2, 0.25) is 0 Å². The topological polar surface area (TPSA) is 95.6 Å². The lowest BCUT2D eigenvalue weighted by atomic mass is 10.0. The maximum atomic E-state index is 12.3. The molecule has 1 aliphatic heterocycles. The lowest BCUT2D eigenvalue weighted by molar-refractivity contribution is -0.274. The van der Waals surface area contributed by atoms with E-state index in [0.29, 0.717) is 37.2 Å². The van der Waals surface area contributed by atoms with Crippen molar-refractivity contribution in [2.24, 2.45) is 0 Å². The highest BCUT2D eigenvalue weighted by atomic mass is 19.4.